The van der Waals surface area contributed by atoms with Crippen LogP contribution in [-0.4, -0.2) is 19.8 Å². The first-order chi connectivity index (χ1) is 8.54. The molecule has 0 saturated carbocycles. The van der Waals surface area contributed by atoms with Crippen molar-refractivity contribution in [2.75, 3.05) is 4.72 Å². The number of hydrogen-bond donors (Lipinski definition) is 2. The Hall–Kier alpha value is -1.77. The molecule has 0 fully saturated rings. The van der Waals surface area contributed by atoms with Gasteiger partial charge in [-0.15, -0.1) is 0 Å². The van der Waals surface area contributed by atoms with Crippen LogP contribution in [-0.2, 0) is 14.8 Å². The number of alkyl halides is 3. The lowest BCUT2D eigenvalue weighted by atomic mass is 10.0. The molecule has 0 spiro atoms. The average Bonchev–Trinajstić information content (AvgIpc) is 2.27. The minimum Gasteiger partial charge on any atom is -0.369 e. The third kappa shape index (κ3) is 3.60. The van der Waals surface area contributed by atoms with Gasteiger partial charge in [-0.1, -0.05) is 12.1 Å². The maximum absolute atomic E-state index is 12.1. The molecule has 0 aromatic heterocycles. The lowest BCUT2D eigenvalue weighted by Crippen LogP contribution is -2.29. The first-order valence-corrected chi connectivity index (χ1v) is 6.51. The predicted molar refractivity (Wildman–Crippen MR) is 62.6 cm³/mol. The van der Waals surface area contributed by atoms with Crippen molar-refractivity contribution in [3.05, 3.63) is 29.8 Å². The summed E-state index contributed by atoms with van der Waals surface area (Å²) in [5.74, 6) is -1.21. The summed E-state index contributed by atoms with van der Waals surface area (Å²) in [6.07, 6.45) is 0. The summed E-state index contributed by atoms with van der Waals surface area (Å²) in [5, 5.41) is 0. The number of benzene rings is 1. The molecule has 1 aromatic carbocycles. The lowest BCUT2D eigenvalue weighted by molar-refractivity contribution is -0.119. The summed E-state index contributed by atoms with van der Waals surface area (Å²) in [7, 11) is -5.44. The van der Waals surface area contributed by atoms with E-state index >= 15 is 0 Å². The van der Waals surface area contributed by atoms with E-state index in [2.05, 4.69) is 0 Å². The standard InChI is InChI=1S/C10H11F3N2O3S/c1-6(9(14)16)7-2-4-8(5-3-7)15-19(17,18)10(11,12)13/h2-6,15H,1H3,(H2,14,16)/t6-/m0/s1. The molecule has 106 valence electrons. The Morgan fingerprint density at radius 1 is 1.26 bits per heavy atom. The van der Waals surface area contributed by atoms with E-state index in [9.17, 15) is 26.4 Å². The van der Waals surface area contributed by atoms with E-state index in [0.717, 1.165) is 12.1 Å². The van der Waals surface area contributed by atoms with Crippen molar-refractivity contribution >= 4 is 21.6 Å². The van der Waals surface area contributed by atoms with Gasteiger partial charge in [0.25, 0.3) is 0 Å². The minimum absolute atomic E-state index is 0.252. The lowest BCUT2D eigenvalue weighted by Gasteiger charge is -2.12. The summed E-state index contributed by atoms with van der Waals surface area (Å²) in [6, 6.07) is 4.89. The molecule has 1 amide bonds. The largest absolute Gasteiger partial charge is 0.516 e. The van der Waals surface area contributed by atoms with Crippen molar-refractivity contribution in [2.24, 2.45) is 5.73 Å². The van der Waals surface area contributed by atoms with Crippen LogP contribution in [0.5, 0.6) is 0 Å². The average molecular weight is 296 g/mol. The Morgan fingerprint density at radius 2 is 1.74 bits per heavy atom. The van der Waals surface area contributed by atoms with Gasteiger partial charge in [-0.05, 0) is 24.6 Å². The smallest absolute Gasteiger partial charge is 0.369 e. The summed E-state index contributed by atoms with van der Waals surface area (Å²) >= 11 is 0. The number of sulfonamides is 1. The Bertz CT molecular complexity index is 567. The van der Waals surface area contributed by atoms with Gasteiger partial charge in [0, 0.05) is 5.69 Å². The molecular formula is C10H11F3N2O3S. The van der Waals surface area contributed by atoms with E-state index in [1.807, 2.05) is 0 Å². The summed E-state index contributed by atoms with van der Waals surface area (Å²) < 4.78 is 59.4. The van der Waals surface area contributed by atoms with Gasteiger partial charge in [0.2, 0.25) is 5.91 Å². The Labute approximate surface area is 107 Å². The second kappa shape index (κ2) is 5.08. The van der Waals surface area contributed by atoms with Crippen LogP contribution >= 0.6 is 0 Å². The summed E-state index contributed by atoms with van der Waals surface area (Å²) in [4.78, 5) is 10.9. The number of amides is 1. The molecule has 1 rings (SSSR count). The van der Waals surface area contributed by atoms with Crippen LogP contribution in [0, 0.1) is 0 Å². The van der Waals surface area contributed by atoms with Crippen LogP contribution in [0.2, 0.25) is 0 Å². The third-order valence-electron chi connectivity index (χ3n) is 2.39. The molecule has 3 N–H and O–H groups in total. The van der Waals surface area contributed by atoms with E-state index in [0.29, 0.717) is 5.56 Å². The Kier molecular flexibility index (Phi) is 4.09. The first-order valence-electron chi connectivity index (χ1n) is 5.03. The van der Waals surface area contributed by atoms with Gasteiger partial charge in [-0.2, -0.15) is 21.6 Å². The molecule has 0 aliphatic rings. The number of hydrogen-bond acceptors (Lipinski definition) is 3. The van der Waals surface area contributed by atoms with Gasteiger partial charge in [0.05, 0.1) is 5.92 Å². The molecular weight excluding hydrogens is 285 g/mol. The minimum atomic E-state index is -5.44. The van der Waals surface area contributed by atoms with Crippen LogP contribution in [0.25, 0.3) is 0 Å². The highest BCUT2D eigenvalue weighted by Gasteiger charge is 2.45. The highest BCUT2D eigenvalue weighted by Crippen LogP contribution is 2.26. The highest BCUT2D eigenvalue weighted by atomic mass is 32.2. The van der Waals surface area contributed by atoms with Crippen LogP contribution in [0.4, 0.5) is 18.9 Å². The molecule has 0 unspecified atom stereocenters. The van der Waals surface area contributed by atoms with Gasteiger partial charge in [-0.3, -0.25) is 9.52 Å². The molecule has 0 aliphatic carbocycles. The van der Waals surface area contributed by atoms with Crippen LogP contribution in [0.15, 0.2) is 24.3 Å². The van der Waals surface area contributed by atoms with Crippen molar-refractivity contribution in [1.29, 1.82) is 0 Å². The quantitative estimate of drug-likeness (QED) is 0.883. The van der Waals surface area contributed by atoms with Gasteiger partial charge in [0.1, 0.15) is 0 Å². The summed E-state index contributed by atoms with van der Waals surface area (Å²) in [6.45, 7) is 1.53. The summed E-state index contributed by atoms with van der Waals surface area (Å²) in [5.41, 5.74) is -0.0947. The maximum atomic E-state index is 12.1. The van der Waals surface area contributed by atoms with Gasteiger partial charge < -0.3 is 5.73 Å². The molecule has 5 nitrogen and oxygen atoms in total. The number of primary amides is 1. The van der Waals surface area contributed by atoms with Gasteiger partial charge >= 0.3 is 15.5 Å². The van der Waals surface area contributed by atoms with E-state index in [4.69, 9.17) is 5.73 Å². The zero-order valence-corrected chi connectivity index (χ0v) is 10.5. The molecule has 0 heterocycles. The number of halogens is 3. The molecule has 0 radical (unpaired) electrons. The zero-order valence-electron chi connectivity index (χ0n) is 9.73. The normalized spacial score (nSPS) is 13.9. The third-order valence-corrected chi connectivity index (χ3v) is 3.51. The highest BCUT2D eigenvalue weighted by molar-refractivity contribution is 7.93. The van der Waals surface area contributed by atoms with Gasteiger partial charge in [0.15, 0.2) is 0 Å². The number of carbonyl (C=O) groups excluding carboxylic acids is 1. The molecule has 0 saturated heterocycles. The molecule has 9 heteroatoms. The number of nitrogens with two attached hydrogens (primary N) is 1. The van der Waals surface area contributed by atoms with Crippen molar-refractivity contribution in [1.82, 2.24) is 0 Å². The fraction of sp³-hybridized carbons (Fsp3) is 0.300. The van der Waals surface area contributed by atoms with Crippen molar-refractivity contribution in [3.63, 3.8) is 0 Å². The number of carbonyl (C=O) groups is 1. The van der Waals surface area contributed by atoms with Crippen molar-refractivity contribution < 1.29 is 26.4 Å². The number of anilines is 1. The van der Waals surface area contributed by atoms with E-state index < -0.39 is 27.4 Å². The number of rotatable bonds is 4. The van der Waals surface area contributed by atoms with E-state index in [1.54, 1.807) is 0 Å². The van der Waals surface area contributed by atoms with Crippen LogP contribution < -0.4 is 10.5 Å². The van der Waals surface area contributed by atoms with Gasteiger partial charge in [-0.25, -0.2) is 0 Å². The SMILES string of the molecule is C[C@H](C(N)=O)c1ccc(NS(=O)(=O)C(F)(F)F)cc1. The monoisotopic (exact) mass is 296 g/mol. The molecule has 0 aliphatic heterocycles. The molecule has 19 heavy (non-hydrogen) atoms. The van der Waals surface area contributed by atoms with Crippen LogP contribution in [0.3, 0.4) is 0 Å². The Morgan fingerprint density at radius 3 is 2.11 bits per heavy atom. The number of nitrogens with one attached hydrogen (secondary N) is 1. The maximum Gasteiger partial charge on any atom is 0.516 e. The van der Waals surface area contributed by atoms with Crippen molar-refractivity contribution in [3.8, 4) is 0 Å². The molecule has 0 bridgehead atoms. The fourth-order valence-electron chi connectivity index (χ4n) is 1.22. The van der Waals surface area contributed by atoms with E-state index in [1.165, 1.54) is 23.8 Å². The Balaban J connectivity index is 2.93. The van der Waals surface area contributed by atoms with Crippen LogP contribution in [0.1, 0.15) is 18.4 Å². The fourth-order valence-corrected chi connectivity index (χ4v) is 1.78. The second-order valence-electron chi connectivity index (χ2n) is 3.80. The molecule has 1 aromatic rings. The molecule has 1 atom stereocenters. The zero-order chi connectivity index (χ0) is 14.8. The topological polar surface area (TPSA) is 89.3 Å². The van der Waals surface area contributed by atoms with E-state index in [-0.39, 0.29) is 5.69 Å². The second-order valence-corrected chi connectivity index (χ2v) is 5.47. The van der Waals surface area contributed by atoms with Crippen molar-refractivity contribution in [2.45, 2.75) is 18.3 Å². The predicted octanol–water partition coefficient (Wildman–Crippen LogP) is 1.54. The first kappa shape index (κ1) is 15.3.